The number of fused-ring (bicyclic) bond motifs is 2. The third-order valence-corrected chi connectivity index (χ3v) is 5.49. The van der Waals surface area contributed by atoms with E-state index in [1.165, 1.54) is 24.6 Å². The van der Waals surface area contributed by atoms with Gasteiger partial charge in [0, 0.05) is 23.4 Å². The van der Waals surface area contributed by atoms with E-state index in [4.69, 9.17) is 9.72 Å². The number of halogens is 2. The van der Waals surface area contributed by atoms with Crippen LogP contribution < -0.4 is 4.74 Å². The maximum absolute atomic E-state index is 12.5. The molecule has 0 aliphatic carbocycles. The van der Waals surface area contributed by atoms with Crippen molar-refractivity contribution in [3.8, 4) is 16.5 Å². The fourth-order valence-electron chi connectivity index (χ4n) is 3.15. The van der Waals surface area contributed by atoms with Gasteiger partial charge in [-0.2, -0.15) is 8.78 Å². The lowest BCUT2D eigenvalue weighted by Gasteiger charge is -2.24. The number of aryl methyl sites for hydroxylation is 1. The number of hydrogen-bond donors (Lipinski definition) is 0. The van der Waals surface area contributed by atoms with Crippen LogP contribution in [-0.4, -0.2) is 46.2 Å². The Labute approximate surface area is 162 Å². The highest BCUT2D eigenvalue weighted by Crippen LogP contribution is 2.35. The Morgan fingerprint density at radius 3 is 2.89 bits per heavy atom. The van der Waals surface area contributed by atoms with Gasteiger partial charge >= 0.3 is 12.7 Å². The number of alkyl halides is 2. The average Bonchev–Trinajstić information content (AvgIpc) is 3.09. The number of aromatic nitrogens is 3. The standard InChI is InChI=1S/C18H16F2N4O3S/c1-9-5-10(15-12(6-9)22-14(7-21-15)27-17(19)20)16-23-11-3-4-24(18(25)26-2)8-13(11)28-16/h5-7,17H,3-4,8H2,1-2H3. The van der Waals surface area contributed by atoms with Crippen LogP contribution >= 0.6 is 11.3 Å². The molecule has 0 radical (unpaired) electrons. The van der Waals surface area contributed by atoms with Crippen LogP contribution in [0.15, 0.2) is 18.3 Å². The summed E-state index contributed by atoms with van der Waals surface area (Å²) in [7, 11) is 1.36. The number of ether oxygens (including phenoxy) is 2. The van der Waals surface area contributed by atoms with Gasteiger partial charge in [0.25, 0.3) is 0 Å². The van der Waals surface area contributed by atoms with E-state index in [-0.39, 0.29) is 12.0 Å². The molecule has 7 nitrogen and oxygen atoms in total. The summed E-state index contributed by atoms with van der Waals surface area (Å²) in [4.78, 5) is 27.5. The average molecular weight is 406 g/mol. The molecule has 0 saturated heterocycles. The van der Waals surface area contributed by atoms with Crippen LogP contribution in [0.1, 0.15) is 16.1 Å². The van der Waals surface area contributed by atoms with Crippen molar-refractivity contribution in [2.75, 3.05) is 13.7 Å². The van der Waals surface area contributed by atoms with Crippen molar-refractivity contribution in [3.05, 3.63) is 34.5 Å². The number of carbonyl (C=O) groups excluding carboxylic acids is 1. The molecule has 1 aliphatic rings. The lowest BCUT2D eigenvalue weighted by molar-refractivity contribution is -0.0528. The van der Waals surface area contributed by atoms with Crippen LogP contribution in [-0.2, 0) is 17.7 Å². The lowest BCUT2D eigenvalue weighted by atomic mass is 10.1. The van der Waals surface area contributed by atoms with Crippen molar-refractivity contribution < 1.29 is 23.0 Å². The van der Waals surface area contributed by atoms with Gasteiger partial charge < -0.3 is 14.4 Å². The molecule has 0 N–H and O–H groups in total. The minimum atomic E-state index is -2.96. The van der Waals surface area contributed by atoms with Gasteiger partial charge in [-0.25, -0.2) is 19.7 Å². The Kier molecular flexibility index (Phi) is 4.80. The fourth-order valence-corrected chi connectivity index (χ4v) is 4.30. The molecular formula is C18H16F2N4O3S. The fraction of sp³-hybridized carbons (Fsp3) is 0.333. The third kappa shape index (κ3) is 3.47. The highest BCUT2D eigenvalue weighted by Gasteiger charge is 2.25. The first-order valence-corrected chi connectivity index (χ1v) is 9.30. The topological polar surface area (TPSA) is 77.4 Å². The number of methoxy groups -OCH3 is 1. The third-order valence-electron chi connectivity index (χ3n) is 4.37. The molecule has 4 rings (SSSR count). The van der Waals surface area contributed by atoms with E-state index in [1.807, 2.05) is 13.0 Å². The van der Waals surface area contributed by atoms with Gasteiger partial charge in [-0.1, -0.05) is 0 Å². The Bertz CT molecular complexity index is 1060. The molecule has 1 amide bonds. The van der Waals surface area contributed by atoms with Crippen LogP contribution in [0.25, 0.3) is 21.6 Å². The lowest BCUT2D eigenvalue weighted by Crippen LogP contribution is -2.35. The quantitative estimate of drug-likeness (QED) is 0.659. The van der Waals surface area contributed by atoms with Crippen LogP contribution in [0.5, 0.6) is 5.88 Å². The zero-order valence-corrected chi connectivity index (χ0v) is 15.9. The highest BCUT2D eigenvalue weighted by atomic mass is 32.1. The summed E-state index contributed by atoms with van der Waals surface area (Å²) in [6, 6.07) is 3.70. The monoisotopic (exact) mass is 406 g/mol. The Balaban J connectivity index is 1.74. The first-order valence-electron chi connectivity index (χ1n) is 8.48. The Hall–Kier alpha value is -2.88. The van der Waals surface area contributed by atoms with Gasteiger partial charge in [-0.15, -0.1) is 11.3 Å². The van der Waals surface area contributed by atoms with E-state index in [0.717, 1.165) is 26.7 Å². The summed E-state index contributed by atoms with van der Waals surface area (Å²) in [6.45, 7) is -0.0791. The Morgan fingerprint density at radius 1 is 1.32 bits per heavy atom. The molecule has 3 heterocycles. The van der Waals surface area contributed by atoms with Gasteiger partial charge in [0.15, 0.2) is 0 Å². The van der Waals surface area contributed by atoms with E-state index in [1.54, 1.807) is 11.0 Å². The second kappa shape index (κ2) is 7.27. The normalized spacial score (nSPS) is 13.7. The van der Waals surface area contributed by atoms with Crippen LogP contribution in [0.2, 0.25) is 0 Å². The van der Waals surface area contributed by atoms with E-state index >= 15 is 0 Å². The van der Waals surface area contributed by atoms with Gasteiger partial charge in [0.05, 0.1) is 36.6 Å². The van der Waals surface area contributed by atoms with E-state index in [0.29, 0.717) is 30.5 Å². The number of hydrogen-bond acceptors (Lipinski definition) is 7. The predicted molar refractivity (Wildman–Crippen MR) is 98.5 cm³/mol. The smallest absolute Gasteiger partial charge is 0.409 e. The largest absolute Gasteiger partial charge is 0.453 e. The Morgan fingerprint density at radius 2 is 2.14 bits per heavy atom. The summed E-state index contributed by atoms with van der Waals surface area (Å²) in [5.74, 6) is -0.230. The zero-order valence-electron chi connectivity index (χ0n) is 15.1. The maximum Gasteiger partial charge on any atom is 0.409 e. The molecule has 0 spiro atoms. The molecular weight excluding hydrogens is 390 g/mol. The SMILES string of the molecule is COC(=O)N1CCc2nc(-c3cc(C)cc4nc(OC(F)F)cnc34)sc2C1. The molecule has 28 heavy (non-hydrogen) atoms. The summed E-state index contributed by atoms with van der Waals surface area (Å²) in [5, 5.41) is 0.752. The van der Waals surface area contributed by atoms with Crippen molar-refractivity contribution >= 4 is 28.5 Å². The van der Waals surface area contributed by atoms with Gasteiger partial charge in [-0.05, 0) is 24.6 Å². The van der Waals surface area contributed by atoms with E-state index in [9.17, 15) is 13.6 Å². The van der Waals surface area contributed by atoms with Crippen molar-refractivity contribution in [1.82, 2.24) is 19.9 Å². The van der Waals surface area contributed by atoms with Crippen molar-refractivity contribution in [3.63, 3.8) is 0 Å². The van der Waals surface area contributed by atoms with Crippen molar-refractivity contribution in [1.29, 1.82) is 0 Å². The molecule has 0 atom stereocenters. The molecule has 2 aromatic heterocycles. The van der Waals surface area contributed by atoms with Crippen LogP contribution in [0, 0.1) is 6.92 Å². The van der Waals surface area contributed by atoms with Crippen molar-refractivity contribution in [2.45, 2.75) is 26.5 Å². The summed E-state index contributed by atoms with van der Waals surface area (Å²) >= 11 is 1.48. The first kappa shape index (κ1) is 18.5. The number of amides is 1. The summed E-state index contributed by atoms with van der Waals surface area (Å²) < 4.78 is 34.1. The first-order chi connectivity index (χ1) is 13.4. The van der Waals surface area contributed by atoms with Crippen LogP contribution in [0.4, 0.5) is 13.6 Å². The van der Waals surface area contributed by atoms with E-state index in [2.05, 4.69) is 14.7 Å². The molecule has 3 aromatic rings. The summed E-state index contributed by atoms with van der Waals surface area (Å²) in [5.41, 5.74) is 3.63. The number of carbonyl (C=O) groups is 1. The van der Waals surface area contributed by atoms with Gasteiger partial charge in [0.2, 0.25) is 5.88 Å². The minimum Gasteiger partial charge on any atom is -0.453 e. The molecule has 1 aromatic carbocycles. The number of rotatable bonds is 3. The molecule has 0 fully saturated rings. The minimum absolute atomic E-state index is 0.230. The number of benzene rings is 1. The van der Waals surface area contributed by atoms with Crippen LogP contribution in [0.3, 0.4) is 0 Å². The molecule has 1 aliphatic heterocycles. The number of thiazole rings is 1. The molecule has 10 heteroatoms. The number of nitrogens with zero attached hydrogens (tertiary/aromatic N) is 4. The summed E-state index contributed by atoms with van der Waals surface area (Å²) in [6.07, 6.45) is 1.46. The second-order valence-electron chi connectivity index (χ2n) is 6.30. The van der Waals surface area contributed by atoms with Crippen molar-refractivity contribution in [2.24, 2.45) is 0 Å². The highest BCUT2D eigenvalue weighted by molar-refractivity contribution is 7.15. The maximum atomic E-state index is 12.5. The van der Waals surface area contributed by atoms with E-state index < -0.39 is 6.61 Å². The predicted octanol–water partition coefficient (Wildman–Crippen LogP) is 3.79. The van der Waals surface area contributed by atoms with Gasteiger partial charge in [-0.3, -0.25) is 0 Å². The second-order valence-corrected chi connectivity index (χ2v) is 7.38. The molecule has 0 saturated carbocycles. The zero-order chi connectivity index (χ0) is 19.8. The molecule has 146 valence electrons. The van der Waals surface area contributed by atoms with Gasteiger partial charge in [0.1, 0.15) is 5.01 Å². The molecule has 0 bridgehead atoms. The molecule has 0 unspecified atom stereocenters.